The second-order valence-electron chi connectivity index (χ2n) is 5.68. The quantitative estimate of drug-likeness (QED) is 0.891. The van der Waals surface area contributed by atoms with Crippen molar-refractivity contribution in [3.8, 4) is 0 Å². The first kappa shape index (κ1) is 13.6. The van der Waals surface area contributed by atoms with Gasteiger partial charge in [0, 0.05) is 24.8 Å². The van der Waals surface area contributed by atoms with Crippen LogP contribution >= 0.6 is 0 Å². The Kier molecular flexibility index (Phi) is 4.40. The first-order valence-corrected chi connectivity index (χ1v) is 7.13. The van der Waals surface area contributed by atoms with Crippen LogP contribution in [0.3, 0.4) is 0 Å². The zero-order valence-electron chi connectivity index (χ0n) is 11.8. The molecule has 18 heavy (non-hydrogen) atoms. The van der Waals surface area contributed by atoms with Crippen molar-refractivity contribution < 1.29 is 0 Å². The monoisotopic (exact) mass is 250 g/mol. The number of piperidine rings is 1. The number of rotatable bonds is 4. The normalized spacial score (nSPS) is 23.5. The summed E-state index contributed by atoms with van der Waals surface area (Å²) in [6, 6.07) is 0.630. The van der Waals surface area contributed by atoms with Gasteiger partial charge in [0.15, 0.2) is 0 Å². The van der Waals surface area contributed by atoms with Crippen LogP contribution in [-0.2, 0) is 0 Å². The van der Waals surface area contributed by atoms with Crippen molar-refractivity contribution >= 4 is 0 Å². The number of imidazole rings is 1. The van der Waals surface area contributed by atoms with E-state index in [9.17, 15) is 0 Å². The van der Waals surface area contributed by atoms with Crippen LogP contribution < -0.4 is 5.73 Å². The summed E-state index contributed by atoms with van der Waals surface area (Å²) < 4.78 is 2.31. The Hall–Kier alpha value is -0.870. The summed E-state index contributed by atoms with van der Waals surface area (Å²) in [7, 11) is 0. The van der Waals surface area contributed by atoms with Crippen LogP contribution in [0.15, 0.2) is 12.5 Å². The number of likely N-dealkylation sites (N-methyl/N-ethyl adjacent to an activating group) is 1. The molecular weight excluding hydrogens is 224 g/mol. The van der Waals surface area contributed by atoms with Crippen molar-refractivity contribution in [3.63, 3.8) is 0 Å². The predicted molar refractivity (Wildman–Crippen MR) is 74.4 cm³/mol. The van der Waals surface area contributed by atoms with E-state index in [-0.39, 0.29) is 6.04 Å². The van der Waals surface area contributed by atoms with Gasteiger partial charge in [0.1, 0.15) is 0 Å². The van der Waals surface area contributed by atoms with Crippen LogP contribution in [0.5, 0.6) is 0 Å². The number of aromatic nitrogens is 2. The fourth-order valence-corrected chi connectivity index (χ4v) is 2.77. The van der Waals surface area contributed by atoms with Gasteiger partial charge in [-0.15, -0.1) is 0 Å². The number of hydrogen-bond acceptors (Lipinski definition) is 3. The molecule has 4 heteroatoms. The second-order valence-corrected chi connectivity index (χ2v) is 5.68. The van der Waals surface area contributed by atoms with Gasteiger partial charge < -0.3 is 15.2 Å². The molecule has 2 heterocycles. The standard InChI is InChI=1S/C14H26N4/c1-4-17-7-5-6-12(9-17)18-10-16-8-13(18)14(15)11(2)3/h8,10-12,14H,4-7,9,15H2,1-3H3. The molecule has 0 aliphatic carbocycles. The van der Waals surface area contributed by atoms with Gasteiger partial charge in [-0.25, -0.2) is 4.98 Å². The third kappa shape index (κ3) is 2.75. The van der Waals surface area contributed by atoms with E-state index < -0.39 is 0 Å². The first-order valence-electron chi connectivity index (χ1n) is 7.13. The highest BCUT2D eigenvalue weighted by molar-refractivity contribution is 5.07. The molecule has 4 nitrogen and oxygen atoms in total. The highest BCUT2D eigenvalue weighted by atomic mass is 15.2. The molecule has 0 amide bonds. The predicted octanol–water partition coefficient (Wildman–Crippen LogP) is 2.20. The number of nitrogens with two attached hydrogens (primary N) is 1. The first-order chi connectivity index (χ1) is 8.63. The molecule has 0 radical (unpaired) electrons. The zero-order chi connectivity index (χ0) is 13.1. The molecule has 2 rings (SSSR count). The molecule has 0 bridgehead atoms. The van der Waals surface area contributed by atoms with Crippen molar-refractivity contribution in [1.29, 1.82) is 0 Å². The van der Waals surface area contributed by atoms with Crippen molar-refractivity contribution in [3.05, 3.63) is 18.2 Å². The Morgan fingerprint density at radius 3 is 2.94 bits per heavy atom. The van der Waals surface area contributed by atoms with Gasteiger partial charge in [-0.3, -0.25) is 0 Å². The fourth-order valence-electron chi connectivity index (χ4n) is 2.77. The Morgan fingerprint density at radius 1 is 1.50 bits per heavy atom. The average Bonchev–Trinajstić information content (AvgIpc) is 2.86. The minimum atomic E-state index is 0.0875. The van der Waals surface area contributed by atoms with E-state index >= 15 is 0 Å². The van der Waals surface area contributed by atoms with E-state index in [0.29, 0.717) is 12.0 Å². The molecule has 0 aromatic carbocycles. The summed E-state index contributed by atoms with van der Waals surface area (Å²) in [4.78, 5) is 6.83. The van der Waals surface area contributed by atoms with Crippen molar-refractivity contribution in [1.82, 2.24) is 14.5 Å². The van der Waals surface area contributed by atoms with Crippen LogP contribution in [0, 0.1) is 5.92 Å². The van der Waals surface area contributed by atoms with Gasteiger partial charge in [-0.2, -0.15) is 0 Å². The maximum atomic E-state index is 6.28. The minimum absolute atomic E-state index is 0.0875. The van der Waals surface area contributed by atoms with Crippen molar-refractivity contribution in [2.75, 3.05) is 19.6 Å². The summed E-state index contributed by atoms with van der Waals surface area (Å²) in [5.74, 6) is 0.450. The molecule has 1 fully saturated rings. The minimum Gasteiger partial charge on any atom is -0.329 e. The summed E-state index contributed by atoms with van der Waals surface area (Å²) in [5.41, 5.74) is 7.47. The molecule has 102 valence electrons. The maximum Gasteiger partial charge on any atom is 0.0951 e. The highest BCUT2D eigenvalue weighted by Crippen LogP contribution is 2.27. The lowest BCUT2D eigenvalue weighted by Crippen LogP contribution is -2.37. The van der Waals surface area contributed by atoms with Crippen LogP contribution in [0.25, 0.3) is 0 Å². The molecule has 2 N–H and O–H groups in total. The molecule has 1 aromatic heterocycles. The molecule has 0 spiro atoms. The lowest BCUT2D eigenvalue weighted by molar-refractivity contribution is 0.182. The maximum absolute atomic E-state index is 6.28. The highest BCUT2D eigenvalue weighted by Gasteiger charge is 2.24. The molecule has 1 aliphatic rings. The third-order valence-electron chi connectivity index (χ3n) is 4.08. The van der Waals surface area contributed by atoms with Gasteiger partial charge in [0.05, 0.1) is 12.0 Å². The molecule has 2 atom stereocenters. The summed E-state index contributed by atoms with van der Waals surface area (Å²) in [5, 5.41) is 0. The van der Waals surface area contributed by atoms with E-state index in [4.69, 9.17) is 5.73 Å². The molecule has 1 saturated heterocycles. The second kappa shape index (κ2) is 5.85. The Bertz CT molecular complexity index is 372. The molecule has 1 aliphatic heterocycles. The lowest BCUT2D eigenvalue weighted by atomic mass is 10.0. The number of nitrogens with zero attached hydrogens (tertiary/aromatic N) is 3. The fraction of sp³-hybridized carbons (Fsp3) is 0.786. The summed E-state index contributed by atoms with van der Waals surface area (Å²) >= 11 is 0. The SMILES string of the molecule is CCN1CCCC(n2cncc2C(N)C(C)C)C1. The molecule has 1 aromatic rings. The van der Waals surface area contributed by atoms with E-state index in [1.54, 1.807) is 0 Å². The zero-order valence-corrected chi connectivity index (χ0v) is 11.8. The molecule has 0 saturated carbocycles. The van der Waals surface area contributed by atoms with Crippen molar-refractivity contribution in [2.24, 2.45) is 11.7 Å². The largest absolute Gasteiger partial charge is 0.329 e. The van der Waals surface area contributed by atoms with E-state index in [2.05, 4.69) is 35.2 Å². The third-order valence-corrected chi connectivity index (χ3v) is 4.08. The Balaban J connectivity index is 2.15. The van der Waals surface area contributed by atoms with Gasteiger partial charge in [0.2, 0.25) is 0 Å². The average molecular weight is 250 g/mol. The van der Waals surface area contributed by atoms with Gasteiger partial charge in [-0.05, 0) is 31.8 Å². The van der Waals surface area contributed by atoms with E-state index in [0.717, 1.165) is 13.1 Å². The van der Waals surface area contributed by atoms with Gasteiger partial charge in [0.25, 0.3) is 0 Å². The van der Waals surface area contributed by atoms with Gasteiger partial charge in [-0.1, -0.05) is 20.8 Å². The smallest absolute Gasteiger partial charge is 0.0951 e. The van der Waals surface area contributed by atoms with E-state index in [1.165, 1.54) is 25.1 Å². The van der Waals surface area contributed by atoms with E-state index in [1.807, 2.05) is 12.5 Å². The summed E-state index contributed by atoms with van der Waals surface area (Å²) in [6.45, 7) is 10.1. The van der Waals surface area contributed by atoms with Crippen LogP contribution in [-0.4, -0.2) is 34.1 Å². The number of hydrogen-bond donors (Lipinski definition) is 1. The summed E-state index contributed by atoms with van der Waals surface area (Å²) in [6.07, 6.45) is 6.41. The lowest BCUT2D eigenvalue weighted by Gasteiger charge is -2.34. The Morgan fingerprint density at radius 2 is 2.28 bits per heavy atom. The van der Waals surface area contributed by atoms with Crippen LogP contribution in [0.1, 0.15) is 51.4 Å². The Labute approximate surface area is 110 Å². The van der Waals surface area contributed by atoms with Crippen molar-refractivity contribution in [2.45, 2.75) is 45.7 Å². The molecular formula is C14H26N4. The topological polar surface area (TPSA) is 47.1 Å². The molecule has 2 unspecified atom stereocenters. The van der Waals surface area contributed by atoms with Crippen LogP contribution in [0.4, 0.5) is 0 Å². The van der Waals surface area contributed by atoms with Gasteiger partial charge >= 0.3 is 0 Å². The van der Waals surface area contributed by atoms with Crippen LogP contribution in [0.2, 0.25) is 0 Å². The number of likely N-dealkylation sites (tertiary alicyclic amines) is 1.